The van der Waals surface area contributed by atoms with E-state index >= 15 is 0 Å². The van der Waals surface area contributed by atoms with Crippen molar-refractivity contribution in [3.63, 3.8) is 0 Å². The van der Waals surface area contributed by atoms with Crippen molar-refractivity contribution in [3.05, 3.63) is 29.8 Å². The van der Waals surface area contributed by atoms with E-state index in [0.717, 1.165) is 25.1 Å². The van der Waals surface area contributed by atoms with Crippen molar-refractivity contribution in [2.24, 2.45) is 5.92 Å². The first kappa shape index (κ1) is 13.4. The minimum atomic E-state index is -0.655. The van der Waals surface area contributed by atoms with E-state index in [1.165, 1.54) is 5.56 Å². The van der Waals surface area contributed by atoms with Crippen LogP contribution in [0.2, 0.25) is 0 Å². The summed E-state index contributed by atoms with van der Waals surface area (Å²) in [5.41, 5.74) is 0.570. The van der Waals surface area contributed by atoms with Gasteiger partial charge in [0.25, 0.3) is 0 Å². The van der Waals surface area contributed by atoms with Crippen LogP contribution in [0.25, 0.3) is 0 Å². The van der Waals surface area contributed by atoms with Crippen LogP contribution in [0.15, 0.2) is 24.3 Å². The number of aliphatic hydroxyl groups is 1. The lowest BCUT2D eigenvalue weighted by Crippen LogP contribution is -2.44. The van der Waals surface area contributed by atoms with Gasteiger partial charge in [0, 0.05) is 12.0 Å². The second-order valence-electron chi connectivity index (χ2n) is 5.61. The lowest BCUT2D eigenvalue weighted by molar-refractivity contribution is -0.0139. The van der Waals surface area contributed by atoms with Crippen molar-refractivity contribution in [1.82, 2.24) is 5.32 Å². The summed E-state index contributed by atoms with van der Waals surface area (Å²) in [6.45, 7) is 4.83. The molecular formula is C15H23NO2. The van der Waals surface area contributed by atoms with E-state index in [0.29, 0.717) is 0 Å². The summed E-state index contributed by atoms with van der Waals surface area (Å²) in [5, 5.41) is 13.8. The van der Waals surface area contributed by atoms with Crippen LogP contribution in [0.4, 0.5) is 0 Å². The summed E-state index contributed by atoms with van der Waals surface area (Å²) >= 11 is 0. The predicted molar refractivity (Wildman–Crippen MR) is 72.8 cm³/mol. The molecule has 0 amide bonds. The quantitative estimate of drug-likeness (QED) is 0.865. The van der Waals surface area contributed by atoms with Crippen molar-refractivity contribution in [2.75, 3.05) is 13.7 Å². The van der Waals surface area contributed by atoms with Crippen LogP contribution in [-0.4, -0.2) is 24.4 Å². The smallest absolute Gasteiger partial charge is 0.118 e. The van der Waals surface area contributed by atoms with Gasteiger partial charge in [0.15, 0.2) is 0 Å². The van der Waals surface area contributed by atoms with E-state index in [1.807, 2.05) is 26.0 Å². The second kappa shape index (κ2) is 5.29. The Morgan fingerprint density at radius 1 is 1.28 bits per heavy atom. The van der Waals surface area contributed by atoms with Crippen molar-refractivity contribution in [3.8, 4) is 5.75 Å². The topological polar surface area (TPSA) is 41.5 Å². The maximum absolute atomic E-state index is 10.3. The second-order valence-corrected chi connectivity index (χ2v) is 5.61. The molecule has 100 valence electrons. The number of rotatable bonds is 3. The highest BCUT2D eigenvalue weighted by molar-refractivity contribution is 5.30. The Hall–Kier alpha value is -1.06. The van der Waals surface area contributed by atoms with Gasteiger partial charge in [-0.2, -0.15) is 0 Å². The van der Waals surface area contributed by atoms with E-state index in [4.69, 9.17) is 4.74 Å². The molecule has 1 aromatic carbocycles. The summed E-state index contributed by atoms with van der Waals surface area (Å²) in [7, 11) is 1.67. The number of piperidine rings is 1. The highest BCUT2D eigenvalue weighted by atomic mass is 16.5. The standard InChI is InChI=1S/C15H23NO2/c1-15(2,17)13-5-4-10-16-14(13)11-6-8-12(18-3)9-7-11/h6-9,13-14,16-17H,4-5,10H2,1-3H3. The van der Waals surface area contributed by atoms with E-state index < -0.39 is 5.60 Å². The van der Waals surface area contributed by atoms with Crippen molar-refractivity contribution >= 4 is 0 Å². The third-order valence-corrected chi connectivity index (χ3v) is 3.84. The molecule has 2 atom stereocenters. The van der Waals surface area contributed by atoms with Crippen LogP contribution in [0.3, 0.4) is 0 Å². The lowest BCUT2D eigenvalue weighted by atomic mass is 9.76. The van der Waals surface area contributed by atoms with Crippen LogP contribution >= 0.6 is 0 Å². The van der Waals surface area contributed by atoms with Crippen LogP contribution in [0, 0.1) is 5.92 Å². The highest BCUT2D eigenvalue weighted by Crippen LogP contribution is 2.37. The normalized spacial score (nSPS) is 24.9. The van der Waals surface area contributed by atoms with Gasteiger partial charge in [-0.1, -0.05) is 12.1 Å². The summed E-state index contributed by atoms with van der Waals surface area (Å²) in [4.78, 5) is 0. The molecule has 1 aliphatic rings. The molecule has 0 aliphatic carbocycles. The third kappa shape index (κ3) is 2.85. The molecule has 2 N–H and O–H groups in total. The molecule has 0 spiro atoms. The summed E-state index contributed by atoms with van der Waals surface area (Å²) in [6, 6.07) is 8.35. The average molecular weight is 249 g/mol. The fraction of sp³-hybridized carbons (Fsp3) is 0.600. The highest BCUT2D eigenvalue weighted by Gasteiger charge is 2.36. The Labute approximate surface area is 109 Å². The first-order valence-electron chi connectivity index (χ1n) is 6.62. The molecule has 18 heavy (non-hydrogen) atoms. The Morgan fingerprint density at radius 2 is 1.94 bits per heavy atom. The molecule has 2 unspecified atom stereocenters. The number of methoxy groups -OCH3 is 1. The zero-order valence-electron chi connectivity index (χ0n) is 11.4. The first-order valence-corrected chi connectivity index (χ1v) is 6.62. The number of hydrogen-bond donors (Lipinski definition) is 2. The van der Waals surface area contributed by atoms with E-state index in [1.54, 1.807) is 7.11 Å². The minimum Gasteiger partial charge on any atom is -0.497 e. The monoisotopic (exact) mass is 249 g/mol. The Kier molecular flexibility index (Phi) is 3.93. The Morgan fingerprint density at radius 3 is 2.50 bits per heavy atom. The molecule has 0 aromatic heterocycles. The van der Waals surface area contributed by atoms with Gasteiger partial charge in [-0.15, -0.1) is 0 Å². The van der Waals surface area contributed by atoms with E-state index in [2.05, 4.69) is 17.4 Å². The molecule has 2 rings (SSSR count). The molecule has 1 saturated heterocycles. The van der Waals surface area contributed by atoms with Gasteiger partial charge in [0.05, 0.1) is 12.7 Å². The summed E-state index contributed by atoms with van der Waals surface area (Å²) in [6.07, 6.45) is 2.19. The molecule has 1 aliphatic heterocycles. The van der Waals surface area contributed by atoms with Gasteiger partial charge in [-0.05, 0) is 50.9 Å². The SMILES string of the molecule is COc1ccc(C2NCCCC2C(C)(C)O)cc1. The van der Waals surface area contributed by atoms with Crippen LogP contribution in [0.1, 0.15) is 38.3 Å². The molecule has 0 radical (unpaired) electrons. The third-order valence-electron chi connectivity index (χ3n) is 3.84. The summed E-state index contributed by atoms with van der Waals surface area (Å²) in [5.74, 6) is 1.12. The minimum absolute atomic E-state index is 0.227. The van der Waals surface area contributed by atoms with Crippen molar-refractivity contribution in [2.45, 2.75) is 38.3 Å². The Bertz CT molecular complexity index is 380. The van der Waals surface area contributed by atoms with Gasteiger partial charge >= 0.3 is 0 Å². The predicted octanol–water partition coefficient (Wildman–Crippen LogP) is 2.51. The number of benzene rings is 1. The molecule has 1 fully saturated rings. The lowest BCUT2D eigenvalue weighted by Gasteiger charge is -2.40. The maximum Gasteiger partial charge on any atom is 0.118 e. The van der Waals surface area contributed by atoms with Gasteiger partial charge in [0.1, 0.15) is 5.75 Å². The van der Waals surface area contributed by atoms with Crippen LogP contribution in [0.5, 0.6) is 5.75 Å². The number of hydrogen-bond acceptors (Lipinski definition) is 3. The molecule has 3 heteroatoms. The van der Waals surface area contributed by atoms with Crippen LogP contribution < -0.4 is 10.1 Å². The maximum atomic E-state index is 10.3. The molecule has 1 aromatic rings. The average Bonchev–Trinajstić information content (AvgIpc) is 2.38. The molecular weight excluding hydrogens is 226 g/mol. The largest absolute Gasteiger partial charge is 0.497 e. The summed E-state index contributed by atoms with van der Waals surface area (Å²) < 4.78 is 5.18. The van der Waals surface area contributed by atoms with Gasteiger partial charge in [-0.3, -0.25) is 0 Å². The van der Waals surface area contributed by atoms with Crippen molar-refractivity contribution < 1.29 is 9.84 Å². The van der Waals surface area contributed by atoms with Gasteiger partial charge in [-0.25, -0.2) is 0 Å². The zero-order chi connectivity index (χ0) is 13.2. The molecule has 0 saturated carbocycles. The van der Waals surface area contributed by atoms with Crippen LogP contribution in [-0.2, 0) is 0 Å². The first-order chi connectivity index (χ1) is 8.52. The van der Waals surface area contributed by atoms with Crippen molar-refractivity contribution in [1.29, 1.82) is 0 Å². The molecule has 3 nitrogen and oxygen atoms in total. The zero-order valence-corrected chi connectivity index (χ0v) is 11.4. The van der Waals surface area contributed by atoms with E-state index in [9.17, 15) is 5.11 Å². The van der Waals surface area contributed by atoms with E-state index in [-0.39, 0.29) is 12.0 Å². The fourth-order valence-corrected chi connectivity index (χ4v) is 2.81. The number of ether oxygens (including phenoxy) is 1. The fourth-order valence-electron chi connectivity index (χ4n) is 2.81. The van der Waals surface area contributed by atoms with Gasteiger partial charge < -0.3 is 15.2 Å². The number of nitrogens with one attached hydrogen (secondary N) is 1. The van der Waals surface area contributed by atoms with Gasteiger partial charge in [0.2, 0.25) is 0 Å². The molecule has 1 heterocycles. The molecule has 0 bridgehead atoms. The Balaban J connectivity index is 2.22.